The van der Waals surface area contributed by atoms with Gasteiger partial charge in [-0.1, -0.05) is 132 Å². The van der Waals surface area contributed by atoms with Gasteiger partial charge in [-0.15, -0.1) is 0 Å². The highest BCUT2D eigenvalue weighted by Gasteiger charge is 2.63. The Morgan fingerprint density at radius 1 is 0.581 bits per heavy atom. The Kier molecular flexibility index (Phi) is 17.5. The van der Waals surface area contributed by atoms with E-state index in [-0.39, 0.29) is 85.1 Å². The molecule has 2 aromatic carbocycles. The van der Waals surface area contributed by atoms with Gasteiger partial charge in [0.15, 0.2) is 0 Å². The number of piperidine rings is 2. The number of likely N-dealkylation sites (tertiary alicyclic amines) is 2. The van der Waals surface area contributed by atoms with Crippen molar-refractivity contribution in [3.63, 3.8) is 0 Å². The number of aliphatic hydroxyl groups is 1. The summed E-state index contributed by atoms with van der Waals surface area (Å²) >= 11 is 0. The van der Waals surface area contributed by atoms with E-state index >= 15 is 0 Å². The fourth-order valence-corrected chi connectivity index (χ4v) is 22.4. The number of nitrogens with zero attached hydrogens (tertiary/aromatic N) is 2. The average molecular weight is 1180 g/mol. The molecule has 2 aromatic rings. The monoisotopic (exact) mass is 1180 g/mol. The van der Waals surface area contributed by atoms with Crippen LogP contribution in [0.25, 0.3) is 0 Å². The number of allylic oxidation sites excluding steroid dienone is 2. The third kappa shape index (κ3) is 11.0. The van der Waals surface area contributed by atoms with E-state index in [4.69, 9.17) is 23.7 Å². The van der Waals surface area contributed by atoms with Crippen molar-refractivity contribution in [2.75, 3.05) is 13.1 Å². The SMILES string of the molecule is C.CC(=O)O[C@@H]1CC[C@@]2(C)[C@H](CC[C@H]3[C@@H]4CC[C@@]5(CC(C)=C4C[C@@H]32)O[C@@H]2C[C@H](C)CN(C(=O)OCc3ccccc3)[C@H]2[C@H]5C)C1.CC1=C2C[C@H]3[C@@H](CC[C@@H]4C[C@H](O)CC[C@@]43C)[C@@H]2CC[C@@]2(C1)O[C@@H]1C[C@H](C)CN(C(=O)OCc3ccccc3)[C@H]1[C@H]2C. The lowest BCUT2D eigenvalue weighted by Gasteiger charge is -2.54. The van der Waals surface area contributed by atoms with Gasteiger partial charge in [-0.3, -0.25) is 4.79 Å². The Morgan fingerprint density at radius 3 is 1.48 bits per heavy atom. The fraction of sp³-hybridized carbons (Fsp3) is 0.747. The van der Waals surface area contributed by atoms with E-state index in [1.165, 1.54) is 64.2 Å². The summed E-state index contributed by atoms with van der Waals surface area (Å²) in [6.07, 6.45) is 22.5. The number of carbonyl (C=O) groups excluding carboxylic acids is 3. The molecule has 22 atom stereocenters. The number of fused-ring (bicyclic) bond motifs is 12. The number of hydrogen-bond acceptors (Lipinski definition) is 9. The Morgan fingerprint density at radius 2 is 1.02 bits per heavy atom. The summed E-state index contributed by atoms with van der Waals surface area (Å²) in [5.74, 6) is 6.96. The van der Waals surface area contributed by atoms with Gasteiger partial charge >= 0.3 is 18.2 Å². The Hall–Kier alpha value is -4.19. The van der Waals surface area contributed by atoms with Crippen LogP contribution in [0.4, 0.5) is 9.59 Å². The molecule has 1 N–H and O–H groups in total. The zero-order valence-electron chi connectivity index (χ0n) is 53.2. The minimum Gasteiger partial charge on any atom is -0.463 e. The van der Waals surface area contributed by atoms with Gasteiger partial charge in [0.05, 0.1) is 41.6 Å². The molecule has 10 fully saturated rings. The molecule has 11 heteroatoms. The van der Waals surface area contributed by atoms with E-state index in [1.807, 2.05) is 70.5 Å². The first kappa shape index (κ1) is 62.0. The van der Waals surface area contributed by atoms with Crippen LogP contribution in [0, 0.1) is 81.8 Å². The summed E-state index contributed by atoms with van der Waals surface area (Å²) in [7, 11) is 0. The lowest BCUT2D eigenvalue weighted by atomic mass is 9.52. The number of benzene rings is 2. The van der Waals surface area contributed by atoms with E-state index in [0.29, 0.717) is 59.6 Å². The number of carbonyl (C=O) groups is 3. The molecule has 4 aliphatic heterocycles. The van der Waals surface area contributed by atoms with Crippen molar-refractivity contribution < 1.29 is 43.2 Å². The predicted octanol–water partition coefficient (Wildman–Crippen LogP) is 16.2. The molecule has 4 heterocycles. The van der Waals surface area contributed by atoms with Crippen LogP contribution in [0.1, 0.15) is 209 Å². The maximum absolute atomic E-state index is 13.6. The molecular formula is C75H108N2O9. The van der Waals surface area contributed by atoms with Gasteiger partial charge in [0, 0.05) is 31.8 Å². The maximum Gasteiger partial charge on any atom is 0.410 e. The summed E-state index contributed by atoms with van der Waals surface area (Å²) in [6, 6.07) is 20.1. The third-order valence-corrected chi connectivity index (χ3v) is 26.6. The molecule has 0 radical (unpaired) electrons. The number of rotatable bonds is 5. The molecule has 86 heavy (non-hydrogen) atoms. The van der Waals surface area contributed by atoms with Gasteiger partial charge in [-0.2, -0.15) is 0 Å². The lowest BCUT2D eigenvalue weighted by Crippen LogP contribution is -2.54. The molecule has 0 unspecified atom stereocenters. The van der Waals surface area contributed by atoms with Gasteiger partial charge < -0.3 is 38.6 Å². The molecule has 12 aliphatic rings. The molecule has 11 nitrogen and oxygen atoms in total. The Bertz CT molecular complexity index is 2860. The van der Waals surface area contributed by atoms with Gasteiger partial charge in [0.1, 0.15) is 19.3 Å². The van der Waals surface area contributed by atoms with Crippen LogP contribution in [-0.2, 0) is 41.7 Å². The Labute approximate surface area is 516 Å². The average Bonchev–Trinajstić information content (AvgIpc) is 1.57. The minimum atomic E-state index is -0.211. The van der Waals surface area contributed by atoms with Crippen LogP contribution in [-0.4, -0.2) is 93.9 Å². The van der Waals surface area contributed by atoms with Crippen molar-refractivity contribution in [1.82, 2.24) is 9.80 Å². The van der Waals surface area contributed by atoms with Crippen molar-refractivity contribution in [2.24, 2.45) is 81.8 Å². The molecule has 14 rings (SSSR count). The number of ether oxygens (including phenoxy) is 5. The van der Waals surface area contributed by atoms with Gasteiger partial charge in [0.2, 0.25) is 0 Å². The van der Waals surface area contributed by atoms with Crippen LogP contribution < -0.4 is 0 Å². The molecule has 2 amide bonds. The van der Waals surface area contributed by atoms with Gasteiger partial charge in [0.25, 0.3) is 0 Å². The zero-order chi connectivity index (χ0) is 59.3. The first-order valence-corrected chi connectivity index (χ1v) is 34.3. The number of hydrogen-bond donors (Lipinski definition) is 1. The first-order chi connectivity index (χ1) is 40.8. The normalized spacial score (nSPS) is 43.7. The highest BCUT2D eigenvalue weighted by Crippen LogP contribution is 2.68. The zero-order valence-corrected chi connectivity index (χ0v) is 53.2. The van der Waals surface area contributed by atoms with E-state index in [0.717, 1.165) is 112 Å². The van der Waals surface area contributed by atoms with Crippen LogP contribution in [0.15, 0.2) is 83.0 Å². The second-order valence-electron chi connectivity index (χ2n) is 31.3. The largest absolute Gasteiger partial charge is 0.463 e. The van der Waals surface area contributed by atoms with Crippen molar-refractivity contribution in [3.8, 4) is 0 Å². The van der Waals surface area contributed by atoms with Crippen LogP contribution in [0.2, 0.25) is 0 Å². The van der Waals surface area contributed by atoms with Crippen molar-refractivity contribution >= 4 is 18.2 Å². The molecule has 4 saturated heterocycles. The smallest absolute Gasteiger partial charge is 0.410 e. The molecule has 2 spiro atoms. The molecule has 472 valence electrons. The molecule has 0 aromatic heterocycles. The Balaban J connectivity index is 0.000000167. The van der Waals surface area contributed by atoms with Crippen molar-refractivity contribution in [2.45, 2.75) is 259 Å². The maximum atomic E-state index is 13.6. The summed E-state index contributed by atoms with van der Waals surface area (Å²) < 4.78 is 31.8. The molecule has 8 aliphatic carbocycles. The predicted molar refractivity (Wildman–Crippen MR) is 336 cm³/mol. The number of amides is 2. The standard InChI is InChI=1S/C38H53NO5.C36H51NO4.CH4/c1-23-17-34-35(39(21-23)36(41)42-22-27-9-7-6-8-10-27)25(3)38(44-34)16-14-30-31-12-11-28-18-29(43-26(4)40)13-15-37(28,5)33(31)19-32(30)24(2)20-38;1-22-16-32-33(37(20-22)34(39)40-21-25-8-6-5-7-9-25)24(3)36(41-32)15-13-28-29-11-10-26-17-27(38)12-14-35(26,4)31(29)18-30(28)23(2)19-36;/h6-10,23,25,28-31,33-35H,11-22H2,1-5H3;5-9,22,24,26-29,31-33,38H,10-21H2,1-4H3;1H4/t23-,25+,28+,29+,30-,31-,33-,34+,35-,37-,38-;22-,24+,26+,27+,28-,29-,31-,32+,33-,35-,36-;/m00./s1. The highest BCUT2D eigenvalue weighted by molar-refractivity contribution is 5.69. The van der Waals surface area contributed by atoms with E-state index < -0.39 is 0 Å². The fourth-order valence-electron chi connectivity index (χ4n) is 22.4. The lowest BCUT2D eigenvalue weighted by molar-refractivity contribution is -0.154. The second kappa shape index (κ2) is 24.2. The number of esters is 1. The van der Waals surface area contributed by atoms with E-state index in [2.05, 4.69) is 55.4 Å². The first-order valence-electron chi connectivity index (χ1n) is 34.3. The molecule has 0 bridgehead atoms. The van der Waals surface area contributed by atoms with Gasteiger partial charge in [-0.05, 0) is 223 Å². The second-order valence-corrected chi connectivity index (χ2v) is 31.3. The van der Waals surface area contributed by atoms with Gasteiger partial charge in [-0.25, -0.2) is 9.59 Å². The van der Waals surface area contributed by atoms with E-state index in [9.17, 15) is 19.5 Å². The summed E-state index contributed by atoms with van der Waals surface area (Å²) in [5, 5.41) is 10.4. The van der Waals surface area contributed by atoms with Crippen molar-refractivity contribution in [3.05, 3.63) is 94.1 Å². The third-order valence-electron chi connectivity index (χ3n) is 26.6. The van der Waals surface area contributed by atoms with Crippen molar-refractivity contribution in [1.29, 1.82) is 0 Å². The van der Waals surface area contributed by atoms with Crippen LogP contribution in [0.5, 0.6) is 0 Å². The summed E-state index contributed by atoms with van der Waals surface area (Å²) in [5.41, 5.74) is 9.01. The molecule has 6 saturated carbocycles. The molecular weight excluding hydrogens is 1070 g/mol. The van der Waals surface area contributed by atoms with Crippen LogP contribution in [0.3, 0.4) is 0 Å². The summed E-state index contributed by atoms with van der Waals surface area (Å²) in [6.45, 7) is 22.8. The van der Waals surface area contributed by atoms with Crippen LogP contribution >= 0.6 is 0 Å². The minimum absolute atomic E-state index is 0. The quantitative estimate of drug-likeness (QED) is 0.177. The highest BCUT2D eigenvalue weighted by atomic mass is 16.6. The summed E-state index contributed by atoms with van der Waals surface area (Å²) in [4.78, 5) is 42.8. The van der Waals surface area contributed by atoms with E-state index in [1.54, 1.807) is 29.2 Å². The topological polar surface area (TPSA) is 124 Å². The number of aliphatic hydroxyl groups excluding tert-OH is 1.